The van der Waals surface area contributed by atoms with E-state index >= 15 is 4.79 Å². The van der Waals surface area contributed by atoms with Crippen molar-refractivity contribution < 1.29 is 37.6 Å². The minimum atomic E-state index is -2.39. The summed E-state index contributed by atoms with van der Waals surface area (Å²) in [6.45, 7) is 24.4. The van der Waals surface area contributed by atoms with Gasteiger partial charge in [-0.3, -0.25) is 19.7 Å². The molecule has 3 rings (SSSR count). The number of thiazole rings is 1. The third-order valence-corrected chi connectivity index (χ3v) is 23.6. The lowest BCUT2D eigenvalue weighted by Gasteiger charge is -2.44. The number of aromatic nitrogens is 1. The number of aryl methyl sites for hydroxylation is 1. The number of ketones is 1. The van der Waals surface area contributed by atoms with Gasteiger partial charge in [-0.05, 0) is 105 Å². The van der Waals surface area contributed by atoms with Crippen molar-refractivity contribution in [3.63, 3.8) is 0 Å². The average Bonchev–Trinajstić information content (AvgIpc) is 3.67. The van der Waals surface area contributed by atoms with Crippen molar-refractivity contribution >= 4 is 57.5 Å². The van der Waals surface area contributed by atoms with Crippen molar-refractivity contribution in [1.82, 2.24) is 4.98 Å². The van der Waals surface area contributed by atoms with E-state index in [-0.39, 0.29) is 42.2 Å². The zero-order valence-corrected chi connectivity index (χ0v) is 41.9. The molecule has 1 aliphatic rings. The van der Waals surface area contributed by atoms with Crippen LogP contribution < -0.4 is 0 Å². The van der Waals surface area contributed by atoms with Crippen molar-refractivity contribution in [3.8, 4) is 0 Å². The lowest BCUT2D eigenvalue weighted by Crippen LogP contribution is -2.53. The van der Waals surface area contributed by atoms with Crippen molar-refractivity contribution in [2.24, 2.45) is 22.4 Å². The van der Waals surface area contributed by atoms with E-state index in [1.54, 1.807) is 0 Å². The number of hydrogen-bond acceptors (Lipinski definition) is 12. The van der Waals surface area contributed by atoms with Crippen LogP contribution in [0, 0.1) is 34.3 Å². The molecule has 0 amide bonds. The van der Waals surface area contributed by atoms with Crippen LogP contribution in [-0.2, 0) is 27.9 Å². The quantitative estimate of drug-likeness (QED) is 0.0297. The Balaban J connectivity index is 2.26. The molecule has 17 heteroatoms. The minimum absolute atomic E-state index is 0.0264. The molecule has 62 heavy (non-hydrogen) atoms. The molecular formula is C45H71N5O9SSi2. The van der Waals surface area contributed by atoms with Crippen LogP contribution in [-0.4, -0.2) is 74.7 Å². The zero-order chi connectivity index (χ0) is 46.4. The molecule has 2 unspecified atom stereocenters. The molecular weight excluding hydrogens is 843 g/mol. The number of nitrogens with zero attached hydrogens (tertiary/aromatic N) is 5. The first kappa shape index (κ1) is 52.6. The number of esters is 2. The van der Waals surface area contributed by atoms with Crippen molar-refractivity contribution in [2.45, 2.75) is 182 Å². The number of Topliss-reactive ketones (excluding diaryl/α,β-unsaturated/α-hetero) is 1. The van der Waals surface area contributed by atoms with E-state index in [9.17, 15) is 25.2 Å². The molecule has 1 aromatic carbocycles. The first-order chi connectivity index (χ1) is 29.3. The second-order valence-electron chi connectivity index (χ2n) is 17.6. The van der Waals surface area contributed by atoms with Crippen LogP contribution in [0.4, 0.5) is 5.69 Å². The normalized spacial score (nSPS) is 24.8. The van der Waals surface area contributed by atoms with Crippen molar-refractivity contribution in [2.75, 3.05) is 0 Å². The molecule has 0 saturated carbocycles. The Hall–Kier alpha value is -3.74. The van der Waals surface area contributed by atoms with Gasteiger partial charge in [0.1, 0.15) is 18.0 Å². The predicted octanol–water partition coefficient (Wildman–Crippen LogP) is 12.2. The van der Waals surface area contributed by atoms with E-state index in [1.807, 2.05) is 46.1 Å². The molecule has 2 aromatic rings. The highest BCUT2D eigenvalue weighted by molar-refractivity contribution is 7.09. The van der Waals surface area contributed by atoms with Gasteiger partial charge in [0.15, 0.2) is 16.6 Å². The molecule has 0 aliphatic carbocycles. The number of carbonyl (C=O) groups excluding carboxylic acids is 3. The summed E-state index contributed by atoms with van der Waals surface area (Å²) in [5.41, 5.74) is 10.1. The number of nitro groups is 1. The Morgan fingerprint density at radius 1 is 1.02 bits per heavy atom. The number of carbonyl (C=O) groups is 3. The van der Waals surface area contributed by atoms with Crippen molar-refractivity contribution in [1.29, 1.82) is 0 Å². The van der Waals surface area contributed by atoms with Gasteiger partial charge in [0.2, 0.25) is 0 Å². The lowest BCUT2D eigenvalue weighted by atomic mass is 9.73. The maximum absolute atomic E-state index is 15.2. The molecule has 0 spiro atoms. The summed E-state index contributed by atoms with van der Waals surface area (Å²) in [7, 11) is -4.64. The minimum Gasteiger partial charge on any atom is -0.458 e. The second kappa shape index (κ2) is 23.8. The summed E-state index contributed by atoms with van der Waals surface area (Å²) >= 11 is 1.48. The Labute approximate surface area is 375 Å². The van der Waals surface area contributed by atoms with Crippen LogP contribution in [0.15, 0.2) is 40.3 Å². The third kappa shape index (κ3) is 13.6. The largest absolute Gasteiger partial charge is 0.458 e. The molecule has 1 fully saturated rings. The molecule has 0 bridgehead atoms. The number of ether oxygens (including phenoxy) is 2. The van der Waals surface area contributed by atoms with E-state index in [4.69, 9.17) is 18.3 Å². The molecule has 0 N–H and O–H groups in total. The Morgan fingerprint density at radius 2 is 1.60 bits per heavy atom. The van der Waals surface area contributed by atoms with Gasteiger partial charge in [0.05, 0.1) is 45.9 Å². The van der Waals surface area contributed by atoms with E-state index in [0.717, 1.165) is 41.3 Å². The predicted molar refractivity (Wildman–Crippen MR) is 250 cm³/mol. The van der Waals surface area contributed by atoms with E-state index in [0.29, 0.717) is 24.1 Å². The molecule has 7 atom stereocenters. The van der Waals surface area contributed by atoms with Gasteiger partial charge in [-0.1, -0.05) is 74.4 Å². The molecule has 1 aliphatic heterocycles. The molecule has 2 heterocycles. The van der Waals surface area contributed by atoms with Gasteiger partial charge in [-0.25, -0.2) is 9.78 Å². The van der Waals surface area contributed by atoms with Gasteiger partial charge < -0.3 is 18.3 Å². The number of cyclic esters (lactones) is 1. The summed E-state index contributed by atoms with van der Waals surface area (Å²) in [5.74, 6) is -1.99. The molecule has 0 radical (unpaired) electrons. The molecule has 1 aromatic heterocycles. The summed E-state index contributed by atoms with van der Waals surface area (Å²) < 4.78 is 26.9. The van der Waals surface area contributed by atoms with Crippen LogP contribution >= 0.6 is 11.3 Å². The van der Waals surface area contributed by atoms with Gasteiger partial charge in [0, 0.05) is 40.2 Å². The smallest absolute Gasteiger partial charge is 0.338 e. The van der Waals surface area contributed by atoms with Gasteiger partial charge in [0.25, 0.3) is 5.69 Å². The topological polar surface area (TPSA) is 193 Å². The Morgan fingerprint density at radius 3 is 2.11 bits per heavy atom. The second-order valence-corrected chi connectivity index (χ2v) is 28.1. The highest BCUT2D eigenvalue weighted by Gasteiger charge is 2.48. The van der Waals surface area contributed by atoms with E-state index < -0.39 is 75.3 Å². The fourth-order valence-corrected chi connectivity index (χ4v) is 15.3. The molecule has 344 valence electrons. The third-order valence-electron chi connectivity index (χ3n) is 13.5. The number of azide groups is 1. The number of non-ortho nitro benzene ring substituents is 1. The standard InChI is InChI=1S/C45H71N5O9SSi2/c1-13-61(14-2,15-3)58-40-28-41(51)56-39(31(8)26-35-29-60-33(10)47-35)27-37(48-49-46)38(57-44(53)34-22-24-36(25-23-34)50(54)55)21-19-20-30(7)42(32(9)43(52)45(40,11)12)59-62(16-4,17-5)18-6/h22-26,29-30,32,37-40,42H,13-21,27-28H2,1-12H3/b31-26+/t30?,32-,37+,38+,39?,40+,42+/m1/s1. The van der Waals surface area contributed by atoms with Crippen LogP contribution in [0.2, 0.25) is 36.3 Å². The molecule has 14 nitrogen and oxygen atoms in total. The number of benzene rings is 1. The fraction of sp³-hybridized carbons (Fsp3) is 0.689. The number of rotatable bonds is 16. The maximum atomic E-state index is 15.2. The highest BCUT2D eigenvalue weighted by Crippen LogP contribution is 2.40. The average molecular weight is 914 g/mol. The number of nitro benzene ring substituents is 1. The van der Waals surface area contributed by atoms with Crippen LogP contribution in [0.25, 0.3) is 16.5 Å². The first-order valence-corrected chi connectivity index (χ1v) is 28.4. The first-order valence-electron chi connectivity index (χ1n) is 22.5. The van der Waals surface area contributed by atoms with Crippen LogP contribution in [0.1, 0.15) is 129 Å². The monoisotopic (exact) mass is 913 g/mol. The lowest BCUT2D eigenvalue weighted by molar-refractivity contribution is -0.384. The van der Waals surface area contributed by atoms with Crippen LogP contribution in [0.3, 0.4) is 0 Å². The Kier molecular flexibility index (Phi) is 20.2. The highest BCUT2D eigenvalue weighted by atomic mass is 32.1. The Bertz CT molecular complexity index is 1880. The molecule has 1 saturated heterocycles. The van der Waals surface area contributed by atoms with Gasteiger partial charge in [-0.2, -0.15) is 0 Å². The van der Waals surface area contributed by atoms with Gasteiger partial charge >= 0.3 is 11.9 Å². The van der Waals surface area contributed by atoms with Gasteiger partial charge in [-0.15, -0.1) is 11.3 Å². The van der Waals surface area contributed by atoms with Crippen LogP contribution in [0.5, 0.6) is 0 Å². The SMILES string of the molecule is CC[Si](CC)(CC)O[C@H]1CC(=O)OC(/C(C)=C/c2csc(C)n2)C[C@H](N=[N+]=[N-])[C@@H](OC(=O)c2ccc([N+](=O)[O-])cc2)CCCC(C)[C@H](O[Si](CC)(CC)CC)[C@@H](C)C(=O)C1(C)C. The zero-order valence-electron chi connectivity index (χ0n) is 39.1. The summed E-state index contributed by atoms with van der Waals surface area (Å²) in [6.07, 6.45) is -0.136. The van der Waals surface area contributed by atoms with E-state index in [2.05, 4.69) is 63.5 Å². The fourth-order valence-electron chi connectivity index (χ4n) is 8.72. The van der Waals surface area contributed by atoms with Crippen molar-refractivity contribution in [3.05, 3.63) is 72.0 Å². The maximum Gasteiger partial charge on any atom is 0.338 e. The van der Waals surface area contributed by atoms with E-state index in [1.165, 1.54) is 35.6 Å². The number of hydrogen-bond donors (Lipinski definition) is 0. The summed E-state index contributed by atoms with van der Waals surface area (Å²) in [5, 5.41) is 18.3. The summed E-state index contributed by atoms with van der Waals surface area (Å²) in [6, 6.07) is 9.27. The summed E-state index contributed by atoms with van der Waals surface area (Å²) in [4.78, 5) is 62.0.